The lowest BCUT2D eigenvalue weighted by molar-refractivity contribution is 0.178. The van der Waals surface area contributed by atoms with E-state index < -0.39 is 0 Å². The Morgan fingerprint density at radius 1 is 1.26 bits per heavy atom. The van der Waals surface area contributed by atoms with Crippen LogP contribution in [-0.2, 0) is 6.54 Å². The third-order valence-electron chi connectivity index (χ3n) is 3.55. The number of ether oxygens (including phenoxy) is 1. The van der Waals surface area contributed by atoms with Crippen LogP contribution in [0.1, 0.15) is 26.3 Å². The number of nitrogens with zero attached hydrogens (tertiary/aromatic N) is 1. The number of methoxy groups -OCH3 is 1. The van der Waals surface area contributed by atoms with Crippen molar-refractivity contribution in [3.63, 3.8) is 0 Å². The molecule has 0 aliphatic carbocycles. The summed E-state index contributed by atoms with van der Waals surface area (Å²) in [6.45, 7) is 9.67. The van der Waals surface area contributed by atoms with Crippen LogP contribution in [0.3, 0.4) is 0 Å². The largest absolute Gasteiger partial charge is 0.496 e. The molecular weight excluding hydrogens is 236 g/mol. The first kappa shape index (κ1) is 16.0. The van der Waals surface area contributed by atoms with E-state index in [-0.39, 0.29) is 0 Å². The Labute approximate surface area is 118 Å². The number of hydrogen-bond acceptors (Lipinski definition) is 3. The maximum atomic E-state index is 5.43. The van der Waals surface area contributed by atoms with E-state index in [1.807, 2.05) is 12.1 Å². The number of benzene rings is 1. The van der Waals surface area contributed by atoms with Crippen molar-refractivity contribution in [2.75, 3.05) is 27.2 Å². The fraction of sp³-hybridized carbons (Fsp3) is 0.625. The predicted octanol–water partition coefficient (Wildman–Crippen LogP) is 2.76. The van der Waals surface area contributed by atoms with E-state index >= 15 is 0 Å². The molecule has 108 valence electrons. The maximum absolute atomic E-state index is 5.43. The van der Waals surface area contributed by atoms with Gasteiger partial charge in [-0.2, -0.15) is 0 Å². The van der Waals surface area contributed by atoms with Gasteiger partial charge in [0, 0.05) is 24.7 Å². The third kappa shape index (κ3) is 4.84. The molecule has 1 rings (SSSR count). The highest BCUT2D eigenvalue weighted by Crippen LogP contribution is 2.20. The van der Waals surface area contributed by atoms with Gasteiger partial charge in [0.05, 0.1) is 7.11 Å². The van der Waals surface area contributed by atoms with Crippen molar-refractivity contribution in [1.29, 1.82) is 0 Å². The average molecular weight is 264 g/mol. The topological polar surface area (TPSA) is 24.5 Å². The molecule has 0 fully saturated rings. The molecule has 0 spiro atoms. The van der Waals surface area contributed by atoms with Gasteiger partial charge < -0.3 is 10.1 Å². The lowest BCUT2D eigenvalue weighted by Gasteiger charge is -2.31. The van der Waals surface area contributed by atoms with E-state index in [1.54, 1.807) is 7.11 Å². The number of hydrogen-bond donors (Lipinski definition) is 1. The molecule has 1 N–H and O–H groups in total. The molecule has 0 aromatic heterocycles. The molecule has 0 amide bonds. The molecule has 3 heteroatoms. The van der Waals surface area contributed by atoms with Crippen molar-refractivity contribution in [3.8, 4) is 5.75 Å². The molecule has 0 heterocycles. The lowest BCUT2D eigenvalue weighted by Crippen LogP contribution is -2.43. The second kappa shape index (κ2) is 8.18. The Kier molecular flexibility index (Phi) is 6.89. The molecule has 1 aromatic carbocycles. The zero-order valence-electron chi connectivity index (χ0n) is 12.9. The predicted molar refractivity (Wildman–Crippen MR) is 81.6 cm³/mol. The van der Waals surface area contributed by atoms with E-state index in [0.29, 0.717) is 12.0 Å². The summed E-state index contributed by atoms with van der Waals surface area (Å²) < 4.78 is 5.43. The van der Waals surface area contributed by atoms with E-state index in [1.165, 1.54) is 5.56 Å². The molecule has 0 saturated heterocycles. The molecular formula is C16H28N2O. The minimum atomic E-state index is 0.532. The van der Waals surface area contributed by atoms with Crippen LogP contribution in [0.25, 0.3) is 0 Å². The molecule has 0 radical (unpaired) electrons. The van der Waals surface area contributed by atoms with E-state index in [4.69, 9.17) is 4.74 Å². The Hall–Kier alpha value is -1.06. The van der Waals surface area contributed by atoms with Crippen LogP contribution in [0.4, 0.5) is 0 Å². The van der Waals surface area contributed by atoms with Crippen LogP contribution in [0.2, 0.25) is 0 Å². The van der Waals surface area contributed by atoms with Gasteiger partial charge in [-0.15, -0.1) is 0 Å². The number of likely N-dealkylation sites (N-methyl/N-ethyl adjacent to an activating group) is 2. The van der Waals surface area contributed by atoms with Crippen molar-refractivity contribution in [2.24, 2.45) is 5.92 Å². The Morgan fingerprint density at radius 2 is 1.95 bits per heavy atom. The highest BCUT2D eigenvalue weighted by atomic mass is 16.5. The SMILES string of the molecule is CCNCC(C(C)C)N(C)Cc1ccccc1OC. The smallest absolute Gasteiger partial charge is 0.123 e. The molecule has 1 aromatic rings. The van der Waals surface area contributed by atoms with Crippen LogP contribution in [-0.4, -0.2) is 38.2 Å². The maximum Gasteiger partial charge on any atom is 0.123 e. The fourth-order valence-corrected chi connectivity index (χ4v) is 2.41. The lowest BCUT2D eigenvalue weighted by atomic mass is 10.0. The van der Waals surface area contributed by atoms with Crippen molar-refractivity contribution in [2.45, 2.75) is 33.4 Å². The standard InChI is InChI=1S/C16H28N2O/c1-6-17-11-15(13(2)3)18(4)12-14-9-7-8-10-16(14)19-5/h7-10,13,15,17H,6,11-12H2,1-5H3. The van der Waals surface area contributed by atoms with Crippen LogP contribution in [0, 0.1) is 5.92 Å². The van der Waals surface area contributed by atoms with Crippen molar-refractivity contribution < 1.29 is 4.74 Å². The average Bonchev–Trinajstić information content (AvgIpc) is 2.39. The first-order valence-corrected chi connectivity index (χ1v) is 7.13. The Balaban J connectivity index is 2.72. The van der Waals surface area contributed by atoms with Crippen molar-refractivity contribution in [3.05, 3.63) is 29.8 Å². The monoisotopic (exact) mass is 264 g/mol. The van der Waals surface area contributed by atoms with Crippen LogP contribution < -0.4 is 10.1 Å². The highest BCUT2D eigenvalue weighted by molar-refractivity contribution is 5.33. The molecule has 0 aliphatic rings. The van der Waals surface area contributed by atoms with Crippen LogP contribution in [0.5, 0.6) is 5.75 Å². The molecule has 0 saturated carbocycles. The van der Waals surface area contributed by atoms with Gasteiger partial charge in [-0.05, 0) is 25.6 Å². The summed E-state index contributed by atoms with van der Waals surface area (Å²) in [6, 6.07) is 8.78. The summed E-state index contributed by atoms with van der Waals surface area (Å²) in [4.78, 5) is 2.41. The van der Waals surface area contributed by atoms with Gasteiger partial charge in [0.1, 0.15) is 5.75 Å². The second-order valence-corrected chi connectivity index (χ2v) is 5.35. The molecule has 1 unspecified atom stereocenters. The van der Waals surface area contributed by atoms with Crippen LogP contribution >= 0.6 is 0 Å². The van der Waals surface area contributed by atoms with E-state index in [9.17, 15) is 0 Å². The third-order valence-corrected chi connectivity index (χ3v) is 3.55. The normalized spacial score (nSPS) is 13.0. The van der Waals surface area contributed by atoms with E-state index in [0.717, 1.165) is 25.4 Å². The van der Waals surface area contributed by atoms with Gasteiger partial charge >= 0.3 is 0 Å². The minimum Gasteiger partial charge on any atom is -0.496 e. The summed E-state index contributed by atoms with van der Waals surface area (Å²) in [7, 11) is 3.92. The van der Waals surface area contributed by atoms with Gasteiger partial charge in [-0.25, -0.2) is 0 Å². The number of rotatable bonds is 8. The Bertz CT molecular complexity index is 366. The Morgan fingerprint density at radius 3 is 2.53 bits per heavy atom. The van der Waals surface area contributed by atoms with Gasteiger partial charge in [-0.1, -0.05) is 39.0 Å². The molecule has 19 heavy (non-hydrogen) atoms. The summed E-state index contributed by atoms with van der Waals surface area (Å²) in [5.41, 5.74) is 1.25. The first-order valence-electron chi connectivity index (χ1n) is 7.13. The second-order valence-electron chi connectivity index (χ2n) is 5.35. The van der Waals surface area contributed by atoms with Gasteiger partial charge in [0.25, 0.3) is 0 Å². The zero-order valence-corrected chi connectivity index (χ0v) is 12.9. The number of para-hydroxylation sites is 1. The number of nitrogens with one attached hydrogen (secondary N) is 1. The minimum absolute atomic E-state index is 0.532. The summed E-state index contributed by atoms with van der Waals surface area (Å²) in [5.74, 6) is 1.60. The molecule has 0 bridgehead atoms. The molecule has 3 nitrogen and oxygen atoms in total. The van der Waals surface area contributed by atoms with Crippen molar-refractivity contribution >= 4 is 0 Å². The van der Waals surface area contributed by atoms with Crippen LogP contribution in [0.15, 0.2) is 24.3 Å². The first-order chi connectivity index (χ1) is 9.10. The van der Waals surface area contributed by atoms with E-state index in [2.05, 4.69) is 50.2 Å². The summed E-state index contributed by atoms with van der Waals surface area (Å²) in [6.07, 6.45) is 0. The molecule has 1 atom stereocenters. The fourth-order valence-electron chi connectivity index (χ4n) is 2.41. The summed E-state index contributed by atoms with van der Waals surface area (Å²) in [5, 5.41) is 3.45. The highest BCUT2D eigenvalue weighted by Gasteiger charge is 2.19. The van der Waals surface area contributed by atoms with Crippen molar-refractivity contribution in [1.82, 2.24) is 10.2 Å². The van der Waals surface area contributed by atoms with Gasteiger partial charge in [0.15, 0.2) is 0 Å². The zero-order chi connectivity index (χ0) is 14.3. The molecule has 0 aliphatic heterocycles. The van der Waals surface area contributed by atoms with Gasteiger partial charge in [-0.3, -0.25) is 4.90 Å². The quantitative estimate of drug-likeness (QED) is 0.781. The summed E-state index contributed by atoms with van der Waals surface area (Å²) >= 11 is 0. The van der Waals surface area contributed by atoms with Gasteiger partial charge in [0.2, 0.25) is 0 Å².